The molecule has 3 heterocycles. The Bertz CT molecular complexity index is 818. The molecule has 2 aliphatic heterocycles. The van der Waals surface area contributed by atoms with Gasteiger partial charge in [0.1, 0.15) is 5.58 Å². The summed E-state index contributed by atoms with van der Waals surface area (Å²) in [5, 5.41) is 4.62. The summed E-state index contributed by atoms with van der Waals surface area (Å²) in [7, 11) is 0. The van der Waals surface area contributed by atoms with Crippen molar-refractivity contribution in [1.82, 2.24) is 10.2 Å². The quantitative estimate of drug-likeness (QED) is 0.862. The molecule has 4 heteroatoms. The first-order valence-electron chi connectivity index (χ1n) is 9.02. The van der Waals surface area contributed by atoms with Gasteiger partial charge in [0.15, 0.2) is 0 Å². The van der Waals surface area contributed by atoms with E-state index in [1.165, 1.54) is 24.8 Å². The number of rotatable bonds is 2. The highest BCUT2D eigenvalue weighted by molar-refractivity contribution is 5.83. The molecule has 0 amide bonds. The minimum absolute atomic E-state index is 0.237. The third kappa shape index (κ3) is 2.89. The summed E-state index contributed by atoms with van der Waals surface area (Å²) in [5.41, 5.74) is 4.32. The fourth-order valence-corrected chi connectivity index (χ4v) is 4.64. The molecule has 0 aliphatic carbocycles. The fraction of sp³-hybridized carbons (Fsp3) is 0.550. The lowest BCUT2D eigenvalue weighted by atomic mass is 9.79. The van der Waals surface area contributed by atoms with Crippen LogP contribution in [-0.2, 0) is 6.54 Å². The standard InChI is InChI=1S/C20H26N2O2/c1-14-8-15(2)19-17(9-14)16(10-18(23)24-19)11-22-7-3-4-20(13-22)5-6-21-12-20/h8-10,21H,3-7,11-13H2,1-2H3. The molecule has 4 rings (SSSR count). The van der Waals surface area contributed by atoms with Crippen molar-refractivity contribution >= 4 is 11.0 Å². The molecule has 128 valence electrons. The number of hydrogen-bond acceptors (Lipinski definition) is 4. The zero-order valence-electron chi connectivity index (χ0n) is 14.7. The summed E-state index contributed by atoms with van der Waals surface area (Å²) in [5.74, 6) is 0. The Morgan fingerprint density at radius 2 is 2.12 bits per heavy atom. The van der Waals surface area contributed by atoms with Crippen LogP contribution in [0, 0.1) is 19.3 Å². The van der Waals surface area contributed by atoms with Crippen molar-refractivity contribution in [2.75, 3.05) is 26.2 Å². The molecule has 2 fully saturated rings. The van der Waals surface area contributed by atoms with Gasteiger partial charge >= 0.3 is 5.63 Å². The molecule has 1 atom stereocenters. The van der Waals surface area contributed by atoms with Crippen molar-refractivity contribution in [3.8, 4) is 0 Å². The van der Waals surface area contributed by atoms with E-state index in [0.717, 1.165) is 54.8 Å². The van der Waals surface area contributed by atoms with Gasteiger partial charge in [-0.05, 0) is 74.4 Å². The maximum atomic E-state index is 12.0. The number of fused-ring (bicyclic) bond motifs is 1. The van der Waals surface area contributed by atoms with Crippen LogP contribution in [0.25, 0.3) is 11.0 Å². The van der Waals surface area contributed by atoms with Crippen LogP contribution in [-0.4, -0.2) is 31.1 Å². The summed E-state index contributed by atoms with van der Waals surface area (Å²) in [6.45, 7) is 9.49. The molecule has 1 unspecified atom stereocenters. The Morgan fingerprint density at radius 3 is 2.92 bits per heavy atom. The molecular weight excluding hydrogens is 300 g/mol. The topological polar surface area (TPSA) is 45.5 Å². The maximum absolute atomic E-state index is 12.0. The van der Waals surface area contributed by atoms with E-state index >= 15 is 0 Å². The smallest absolute Gasteiger partial charge is 0.336 e. The zero-order valence-corrected chi connectivity index (χ0v) is 14.7. The van der Waals surface area contributed by atoms with Gasteiger partial charge in [-0.3, -0.25) is 4.90 Å². The third-order valence-corrected chi connectivity index (χ3v) is 5.73. The average molecular weight is 326 g/mol. The molecule has 0 radical (unpaired) electrons. The van der Waals surface area contributed by atoms with Gasteiger partial charge in [-0.25, -0.2) is 4.79 Å². The van der Waals surface area contributed by atoms with Gasteiger partial charge in [0.05, 0.1) is 0 Å². The second-order valence-corrected chi connectivity index (χ2v) is 7.79. The average Bonchev–Trinajstić information content (AvgIpc) is 2.96. The monoisotopic (exact) mass is 326 g/mol. The molecule has 0 saturated carbocycles. The van der Waals surface area contributed by atoms with E-state index < -0.39 is 0 Å². The van der Waals surface area contributed by atoms with Crippen LogP contribution < -0.4 is 10.9 Å². The first-order valence-corrected chi connectivity index (χ1v) is 9.02. The first-order chi connectivity index (χ1) is 11.5. The van der Waals surface area contributed by atoms with Crippen LogP contribution in [0.3, 0.4) is 0 Å². The van der Waals surface area contributed by atoms with Crippen LogP contribution in [0.1, 0.15) is 36.0 Å². The highest BCUT2D eigenvalue weighted by Gasteiger charge is 2.37. The third-order valence-electron chi connectivity index (χ3n) is 5.73. The normalized spacial score (nSPS) is 24.9. The fourth-order valence-electron chi connectivity index (χ4n) is 4.64. The van der Waals surface area contributed by atoms with Crippen molar-refractivity contribution in [2.45, 2.75) is 39.7 Å². The Hall–Kier alpha value is -1.65. The van der Waals surface area contributed by atoms with Gasteiger partial charge in [0.2, 0.25) is 0 Å². The van der Waals surface area contributed by atoms with Gasteiger partial charge in [0.25, 0.3) is 0 Å². The molecule has 2 aliphatic rings. The lowest BCUT2D eigenvalue weighted by Gasteiger charge is -2.40. The second kappa shape index (κ2) is 6.01. The Kier molecular flexibility index (Phi) is 3.97. The van der Waals surface area contributed by atoms with E-state index in [2.05, 4.69) is 29.3 Å². The molecule has 1 aromatic carbocycles. The first kappa shape index (κ1) is 15.9. The number of hydrogen-bond donors (Lipinski definition) is 1. The largest absolute Gasteiger partial charge is 0.422 e. The SMILES string of the molecule is Cc1cc(C)c2oc(=O)cc(CN3CCCC4(CCNC4)C3)c2c1. The highest BCUT2D eigenvalue weighted by Crippen LogP contribution is 2.36. The minimum atomic E-state index is -0.237. The van der Waals surface area contributed by atoms with Gasteiger partial charge in [-0.15, -0.1) is 0 Å². The van der Waals surface area contributed by atoms with Crippen molar-refractivity contribution in [2.24, 2.45) is 5.41 Å². The van der Waals surface area contributed by atoms with E-state index in [0.29, 0.717) is 5.41 Å². The maximum Gasteiger partial charge on any atom is 0.336 e. The molecular formula is C20H26N2O2. The van der Waals surface area contributed by atoms with Gasteiger partial charge < -0.3 is 9.73 Å². The number of benzene rings is 1. The molecule has 2 saturated heterocycles. The lowest BCUT2D eigenvalue weighted by molar-refractivity contribution is 0.0980. The van der Waals surface area contributed by atoms with Crippen molar-refractivity contribution < 1.29 is 4.42 Å². The van der Waals surface area contributed by atoms with Crippen LogP contribution in [0.2, 0.25) is 0 Å². The molecule has 1 aromatic heterocycles. The molecule has 0 bridgehead atoms. The summed E-state index contributed by atoms with van der Waals surface area (Å²) in [6, 6.07) is 5.92. The van der Waals surface area contributed by atoms with E-state index in [1.54, 1.807) is 6.07 Å². The summed E-state index contributed by atoms with van der Waals surface area (Å²) >= 11 is 0. The van der Waals surface area contributed by atoms with Crippen LogP contribution >= 0.6 is 0 Å². The van der Waals surface area contributed by atoms with Gasteiger partial charge in [-0.2, -0.15) is 0 Å². The van der Waals surface area contributed by atoms with Crippen molar-refractivity contribution in [3.05, 3.63) is 45.3 Å². The van der Waals surface area contributed by atoms with Crippen molar-refractivity contribution in [1.29, 1.82) is 0 Å². The van der Waals surface area contributed by atoms with Gasteiger partial charge in [-0.1, -0.05) is 6.07 Å². The highest BCUT2D eigenvalue weighted by atomic mass is 16.4. The van der Waals surface area contributed by atoms with Crippen LogP contribution in [0.5, 0.6) is 0 Å². The van der Waals surface area contributed by atoms with E-state index in [-0.39, 0.29) is 5.63 Å². The predicted octanol–water partition coefficient (Wildman–Crippen LogP) is 2.99. The van der Waals surface area contributed by atoms with Crippen molar-refractivity contribution in [3.63, 3.8) is 0 Å². The predicted molar refractivity (Wildman–Crippen MR) is 96.4 cm³/mol. The summed E-state index contributed by atoms with van der Waals surface area (Å²) < 4.78 is 5.49. The molecule has 2 aromatic rings. The van der Waals surface area contributed by atoms with Crippen LogP contribution in [0.4, 0.5) is 0 Å². The number of aryl methyl sites for hydroxylation is 2. The van der Waals surface area contributed by atoms with E-state index in [4.69, 9.17) is 4.42 Å². The number of nitrogens with one attached hydrogen (secondary N) is 1. The number of piperidine rings is 1. The molecule has 1 N–H and O–H groups in total. The minimum Gasteiger partial charge on any atom is -0.422 e. The van der Waals surface area contributed by atoms with E-state index in [1.807, 2.05) is 6.92 Å². The van der Waals surface area contributed by atoms with E-state index in [9.17, 15) is 4.79 Å². The Morgan fingerprint density at radius 1 is 1.25 bits per heavy atom. The number of likely N-dealkylation sites (tertiary alicyclic amines) is 1. The number of nitrogens with zero attached hydrogens (tertiary/aromatic N) is 1. The Balaban J connectivity index is 1.68. The Labute approximate surface area is 142 Å². The van der Waals surface area contributed by atoms with Gasteiger partial charge in [0, 0.05) is 31.1 Å². The zero-order chi connectivity index (χ0) is 16.7. The summed E-state index contributed by atoms with van der Waals surface area (Å²) in [4.78, 5) is 14.6. The summed E-state index contributed by atoms with van der Waals surface area (Å²) in [6.07, 6.45) is 3.85. The van der Waals surface area contributed by atoms with Crippen LogP contribution in [0.15, 0.2) is 27.4 Å². The molecule has 1 spiro atoms. The molecule has 4 nitrogen and oxygen atoms in total. The molecule has 24 heavy (non-hydrogen) atoms. The second-order valence-electron chi connectivity index (χ2n) is 7.79. The lowest BCUT2D eigenvalue weighted by Crippen LogP contribution is -2.44.